The fraction of sp³-hybridized carbons (Fsp3) is 0.364. The summed E-state index contributed by atoms with van der Waals surface area (Å²) >= 11 is 3.15. The fourth-order valence-electron chi connectivity index (χ4n) is 1.52. The van der Waals surface area contributed by atoms with Crippen LogP contribution in [0, 0.1) is 0 Å². The van der Waals surface area contributed by atoms with Crippen molar-refractivity contribution in [3.63, 3.8) is 0 Å². The van der Waals surface area contributed by atoms with Crippen molar-refractivity contribution in [2.45, 2.75) is 12.5 Å². The molecule has 0 aliphatic rings. The predicted molar refractivity (Wildman–Crippen MR) is 68.2 cm³/mol. The molecule has 1 rings (SSSR count). The smallest absolute Gasteiger partial charge is 0.320 e. The average Bonchev–Trinajstić information content (AvgIpc) is 2.34. The molecule has 1 aromatic carbocycles. The van der Waals surface area contributed by atoms with E-state index >= 15 is 0 Å². The van der Waals surface area contributed by atoms with E-state index in [0.717, 1.165) is 0 Å². The number of carboxylic acid groups (broad SMARTS) is 1. The largest absolute Gasteiger partial charge is 0.506 e. The minimum absolute atomic E-state index is 0.0693. The molecule has 1 aromatic rings. The van der Waals surface area contributed by atoms with Gasteiger partial charge in [-0.1, -0.05) is 0 Å². The Hall–Kier alpha value is -1.47. The van der Waals surface area contributed by atoms with Crippen molar-refractivity contribution < 1.29 is 24.5 Å². The summed E-state index contributed by atoms with van der Waals surface area (Å²) in [4.78, 5) is 10.8. The summed E-state index contributed by atoms with van der Waals surface area (Å²) in [5.41, 5.74) is 5.75. The number of phenols is 1. The molecule has 0 heterocycles. The lowest BCUT2D eigenvalue weighted by molar-refractivity contribution is -0.138. The first-order valence-electron chi connectivity index (χ1n) is 5.03. The molecule has 100 valence electrons. The number of rotatable bonds is 5. The van der Waals surface area contributed by atoms with E-state index in [1.54, 1.807) is 0 Å². The Balaban J connectivity index is 3.30. The van der Waals surface area contributed by atoms with Crippen LogP contribution in [0.4, 0.5) is 0 Å². The fourth-order valence-corrected chi connectivity index (χ4v) is 1.97. The summed E-state index contributed by atoms with van der Waals surface area (Å²) in [7, 11) is 2.85. The van der Waals surface area contributed by atoms with E-state index < -0.39 is 12.0 Å². The predicted octanol–water partition coefficient (Wildman–Crippen LogP) is 1.13. The van der Waals surface area contributed by atoms with Gasteiger partial charge in [-0.3, -0.25) is 4.79 Å². The number of methoxy groups -OCH3 is 2. The van der Waals surface area contributed by atoms with Gasteiger partial charge in [0.2, 0.25) is 0 Å². The molecule has 18 heavy (non-hydrogen) atoms. The minimum Gasteiger partial charge on any atom is -0.506 e. The molecule has 0 spiro atoms. The van der Waals surface area contributed by atoms with Gasteiger partial charge in [0.25, 0.3) is 0 Å². The quantitative estimate of drug-likeness (QED) is 0.751. The maximum absolute atomic E-state index is 10.8. The topological polar surface area (TPSA) is 102 Å². The molecule has 0 aromatic heterocycles. The lowest BCUT2D eigenvalue weighted by Crippen LogP contribution is -2.32. The van der Waals surface area contributed by atoms with Crippen molar-refractivity contribution >= 4 is 21.9 Å². The Morgan fingerprint density at radius 3 is 2.56 bits per heavy atom. The van der Waals surface area contributed by atoms with Crippen LogP contribution < -0.4 is 15.2 Å². The molecule has 0 aliphatic carbocycles. The zero-order valence-corrected chi connectivity index (χ0v) is 11.5. The normalized spacial score (nSPS) is 12.0. The second-order valence-corrected chi connectivity index (χ2v) is 4.42. The zero-order valence-electron chi connectivity index (χ0n) is 9.94. The third-order valence-corrected chi connectivity index (χ3v) is 3.04. The number of carboxylic acids is 1. The van der Waals surface area contributed by atoms with Crippen LogP contribution in [0.5, 0.6) is 17.2 Å². The molecule has 0 aliphatic heterocycles. The molecule has 0 saturated carbocycles. The third-order valence-electron chi connectivity index (χ3n) is 2.43. The summed E-state index contributed by atoms with van der Waals surface area (Å²) in [6.45, 7) is 0. The Morgan fingerprint density at radius 1 is 1.50 bits per heavy atom. The second kappa shape index (κ2) is 5.92. The van der Waals surface area contributed by atoms with Gasteiger partial charge in [0, 0.05) is 18.1 Å². The lowest BCUT2D eigenvalue weighted by atomic mass is 10.0. The molecular formula is C11H14BrNO5. The zero-order chi connectivity index (χ0) is 13.9. The van der Waals surface area contributed by atoms with Gasteiger partial charge in [-0.25, -0.2) is 0 Å². The van der Waals surface area contributed by atoms with Gasteiger partial charge >= 0.3 is 5.97 Å². The number of ether oxygens (including phenoxy) is 2. The summed E-state index contributed by atoms with van der Waals surface area (Å²) in [5, 5.41) is 18.7. The van der Waals surface area contributed by atoms with Gasteiger partial charge in [0.15, 0.2) is 11.5 Å². The van der Waals surface area contributed by atoms with Crippen molar-refractivity contribution in [1.29, 1.82) is 0 Å². The molecule has 7 heteroatoms. The summed E-state index contributed by atoms with van der Waals surface area (Å²) in [5.74, 6) is -0.607. The monoisotopic (exact) mass is 319 g/mol. The van der Waals surface area contributed by atoms with E-state index in [-0.39, 0.29) is 17.9 Å². The molecule has 0 bridgehead atoms. The van der Waals surface area contributed by atoms with Crippen LogP contribution in [-0.2, 0) is 11.2 Å². The summed E-state index contributed by atoms with van der Waals surface area (Å²) in [6.07, 6.45) is -0.0693. The van der Waals surface area contributed by atoms with Crippen LogP contribution in [0.25, 0.3) is 0 Å². The Morgan fingerprint density at radius 2 is 2.11 bits per heavy atom. The average molecular weight is 320 g/mol. The molecule has 1 atom stereocenters. The maximum atomic E-state index is 10.8. The first-order chi connectivity index (χ1) is 8.42. The second-order valence-electron chi connectivity index (χ2n) is 3.57. The molecule has 4 N–H and O–H groups in total. The van der Waals surface area contributed by atoms with E-state index in [1.165, 1.54) is 20.3 Å². The summed E-state index contributed by atoms with van der Waals surface area (Å²) in [6, 6.07) is 0.396. The van der Waals surface area contributed by atoms with Crippen LogP contribution in [0.1, 0.15) is 5.56 Å². The Labute approximate surface area is 112 Å². The van der Waals surface area contributed by atoms with Gasteiger partial charge in [-0.2, -0.15) is 0 Å². The molecule has 0 amide bonds. The lowest BCUT2D eigenvalue weighted by Gasteiger charge is -2.16. The molecule has 6 nitrogen and oxygen atoms in total. The molecular weight excluding hydrogens is 306 g/mol. The third kappa shape index (κ3) is 2.85. The molecule has 0 saturated heterocycles. The number of aromatic hydroxyl groups is 1. The van der Waals surface area contributed by atoms with E-state index in [0.29, 0.717) is 15.8 Å². The van der Waals surface area contributed by atoms with Crippen LogP contribution in [0.2, 0.25) is 0 Å². The van der Waals surface area contributed by atoms with Crippen LogP contribution in [-0.4, -0.2) is 36.4 Å². The van der Waals surface area contributed by atoms with Crippen molar-refractivity contribution in [2.75, 3.05) is 14.2 Å². The number of nitrogens with two attached hydrogens (primary N) is 1. The maximum Gasteiger partial charge on any atom is 0.320 e. The number of phenolic OH excluding ortho intramolecular Hbond substituents is 1. The van der Waals surface area contributed by atoms with Gasteiger partial charge in [0.1, 0.15) is 11.8 Å². The van der Waals surface area contributed by atoms with E-state index in [4.69, 9.17) is 20.3 Å². The van der Waals surface area contributed by atoms with Gasteiger partial charge in [-0.05, 0) is 15.9 Å². The van der Waals surface area contributed by atoms with Gasteiger partial charge in [-0.15, -0.1) is 0 Å². The van der Waals surface area contributed by atoms with Crippen LogP contribution in [0.15, 0.2) is 10.5 Å². The van der Waals surface area contributed by atoms with Crippen molar-refractivity contribution in [2.24, 2.45) is 5.73 Å². The molecule has 1 unspecified atom stereocenters. The first kappa shape index (κ1) is 14.6. The van der Waals surface area contributed by atoms with E-state index in [9.17, 15) is 9.90 Å². The van der Waals surface area contributed by atoms with E-state index in [2.05, 4.69) is 15.9 Å². The van der Waals surface area contributed by atoms with Crippen LogP contribution in [0.3, 0.4) is 0 Å². The highest BCUT2D eigenvalue weighted by Crippen LogP contribution is 2.42. The number of hydrogen-bond acceptors (Lipinski definition) is 5. The molecule has 0 fully saturated rings. The number of aliphatic carboxylic acids is 1. The van der Waals surface area contributed by atoms with Crippen molar-refractivity contribution in [3.8, 4) is 17.2 Å². The number of benzene rings is 1. The molecule has 0 radical (unpaired) electrons. The van der Waals surface area contributed by atoms with Crippen LogP contribution >= 0.6 is 15.9 Å². The Kier molecular flexibility index (Phi) is 4.80. The highest BCUT2D eigenvalue weighted by atomic mass is 79.9. The number of hydrogen-bond donors (Lipinski definition) is 3. The minimum atomic E-state index is -1.16. The van der Waals surface area contributed by atoms with Gasteiger partial charge < -0.3 is 25.4 Å². The van der Waals surface area contributed by atoms with Crippen molar-refractivity contribution in [1.82, 2.24) is 0 Å². The Bertz CT molecular complexity index is 463. The van der Waals surface area contributed by atoms with Gasteiger partial charge in [0.05, 0.1) is 18.7 Å². The highest BCUT2D eigenvalue weighted by molar-refractivity contribution is 9.10. The van der Waals surface area contributed by atoms with E-state index in [1.807, 2.05) is 0 Å². The first-order valence-corrected chi connectivity index (χ1v) is 5.82. The standard InChI is InChI=1S/C11H14BrNO5/c1-17-8-4-6(12)9(14)5(10(8)18-2)3-7(13)11(15)16/h4,7,14H,3,13H2,1-2H3,(H,15,16). The number of halogens is 1. The summed E-state index contributed by atoms with van der Waals surface area (Å²) < 4.78 is 10.6. The highest BCUT2D eigenvalue weighted by Gasteiger charge is 2.22. The SMILES string of the molecule is COc1cc(Br)c(O)c(CC(N)C(=O)O)c1OC. The van der Waals surface area contributed by atoms with Crippen molar-refractivity contribution in [3.05, 3.63) is 16.1 Å². The number of carbonyl (C=O) groups is 1.